The quantitative estimate of drug-likeness (QED) is 0.923. The molecule has 118 valence electrons. The van der Waals surface area contributed by atoms with E-state index in [1.54, 1.807) is 0 Å². The van der Waals surface area contributed by atoms with Crippen molar-refractivity contribution in [2.75, 3.05) is 11.9 Å². The molecule has 0 aromatic carbocycles. The second-order valence-electron chi connectivity index (χ2n) is 5.34. The molecular weight excluding hydrogens is 307 g/mol. The van der Waals surface area contributed by atoms with Crippen LogP contribution in [0.5, 0.6) is 0 Å². The Balaban J connectivity index is 2.04. The summed E-state index contributed by atoms with van der Waals surface area (Å²) in [6.45, 7) is -0.779. The van der Waals surface area contributed by atoms with Gasteiger partial charge in [0, 0.05) is 6.54 Å². The first-order valence-electron chi connectivity index (χ1n) is 6.93. The maximum atomic E-state index is 12.3. The summed E-state index contributed by atoms with van der Waals surface area (Å²) in [7, 11) is 0. The second-order valence-corrected chi connectivity index (χ2v) is 5.71. The number of hydrogen-bond acceptors (Lipinski definition) is 3. The number of aromatic nitrogens is 2. The average molecular weight is 324 g/mol. The zero-order valence-electron chi connectivity index (χ0n) is 11.4. The highest BCUT2D eigenvalue weighted by Gasteiger charge is 2.29. The van der Waals surface area contributed by atoms with Crippen LogP contribution in [0.1, 0.15) is 32.1 Å². The molecule has 1 aromatic heterocycles. The van der Waals surface area contributed by atoms with E-state index >= 15 is 0 Å². The lowest BCUT2D eigenvalue weighted by Gasteiger charge is -2.22. The Bertz CT molecular complexity index is 538. The molecule has 1 aromatic rings. The van der Waals surface area contributed by atoms with Crippen LogP contribution in [-0.4, -0.2) is 22.5 Å². The van der Waals surface area contributed by atoms with Gasteiger partial charge in [0.1, 0.15) is 11.6 Å². The van der Waals surface area contributed by atoms with Crippen molar-refractivity contribution < 1.29 is 13.2 Å². The molecule has 0 amide bonds. The number of nitrogens with one attached hydrogen (secondary N) is 1. The predicted molar refractivity (Wildman–Crippen MR) is 74.6 cm³/mol. The monoisotopic (exact) mass is 323 g/mol. The zero-order chi connectivity index (χ0) is 15.5. The Kier molecular flexibility index (Phi) is 5.13. The van der Waals surface area contributed by atoms with Crippen molar-refractivity contribution in [2.45, 2.75) is 44.8 Å². The van der Waals surface area contributed by atoms with Gasteiger partial charge in [-0.3, -0.25) is 4.79 Å². The zero-order valence-corrected chi connectivity index (χ0v) is 12.2. The van der Waals surface area contributed by atoms with E-state index in [-0.39, 0.29) is 5.02 Å². The highest BCUT2D eigenvalue weighted by Crippen LogP contribution is 2.25. The molecule has 0 aliphatic heterocycles. The van der Waals surface area contributed by atoms with Gasteiger partial charge < -0.3 is 5.32 Å². The minimum atomic E-state index is -4.50. The molecule has 0 bridgehead atoms. The van der Waals surface area contributed by atoms with Crippen molar-refractivity contribution in [2.24, 2.45) is 5.92 Å². The Morgan fingerprint density at radius 1 is 1.33 bits per heavy atom. The minimum Gasteiger partial charge on any atom is -0.382 e. The molecular formula is C13H17ClF3N3O. The van der Waals surface area contributed by atoms with Gasteiger partial charge in [-0.1, -0.05) is 30.9 Å². The lowest BCUT2D eigenvalue weighted by Crippen LogP contribution is -2.31. The fourth-order valence-electron chi connectivity index (χ4n) is 2.52. The molecule has 8 heteroatoms. The van der Waals surface area contributed by atoms with Crippen molar-refractivity contribution in [1.29, 1.82) is 0 Å². The van der Waals surface area contributed by atoms with Gasteiger partial charge in [0.05, 0.1) is 11.9 Å². The molecule has 1 aliphatic carbocycles. The molecule has 1 fully saturated rings. The normalized spacial score (nSPS) is 17.0. The molecule has 1 aliphatic rings. The van der Waals surface area contributed by atoms with Gasteiger partial charge in [-0.25, -0.2) is 4.68 Å². The fraction of sp³-hybridized carbons (Fsp3) is 0.692. The van der Waals surface area contributed by atoms with Gasteiger partial charge in [-0.15, -0.1) is 0 Å². The summed E-state index contributed by atoms with van der Waals surface area (Å²) in [5, 5.41) is 6.30. The Labute approximate surface area is 125 Å². The first-order valence-corrected chi connectivity index (χ1v) is 7.31. The summed E-state index contributed by atoms with van der Waals surface area (Å²) in [6.07, 6.45) is 2.52. The maximum absolute atomic E-state index is 12.3. The molecule has 0 spiro atoms. The third-order valence-electron chi connectivity index (χ3n) is 3.62. The van der Waals surface area contributed by atoms with Gasteiger partial charge in [0.15, 0.2) is 0 Å². The lowest BCUT2D eigenvalue weighted by atomic mass is 9.89. The third-order valence-corrected chi connectivity index (χ3v) is 3.99. The van der Waals surface area contributed by atoms with Crippen LogP contribution in [0.15, 0.2) is 11.0 Å². The molecule has 0 saturated heterocycles. The Hall–Kier alpha value is -1.24. The predicted octanol–water partition coefficient (Wildman–Crippen LogP) is 3.45. The molecule has 0 radical (unpaired) electrons. The van der Waals surface area contributed by atoms with Gasteiger partial charge >= 0.3 is 6.18 Å². The van der Waals surface area contributed by atoms with Crippen molar-refractivity contribution in [3.05, 3.63) is 21.6 Å². The average Bonchev–Trinajstić information content (AvgIpc) is 2.43. The molecule has 1 N–H and O–H groups in total. The third kappa shape index (κ3) is 4.62. The molecule has 1 heterocycles. The first kappa shape index (κ1) is 16.1. The van der Waals surface area contributed by atoms with Crippen LogP contribution in [0, 0.1) is 5.92 Å². The standard InChI is InChI=1S/C13H17ClF3N3O/c14-11-10(18-6-9-4-2-1-3-5-9)7-19-20(12(11)21)8-13(15,16)17/h7,9,18H,1-6,8H2. The van der Waals surface area contributed by atoms with E-state index in [1.807, 2.05) is 0 Å². The van der Waals surface area contributed by atoms with E-state index in [2.05, 4.69) is 10.4 Å². The van der Waals surface area contributed by atoms with Crippen molar-refractivity contribution in [1.82, 2.24) is 9.78 Å². The van der Waals surface area contributed by atoms with Crippen LogP contribution in [-0.2, 0) is 6.54 Å². The maximum Gasteiger partial charge on any atom is 0.408 e. The number of hydrogen-bond donors (Lipinski definition) is 1. The highest BCUT2D eigenvalue weighted by molar-refractivity contribution is 6.32. The highest BCUT2D eigenvalue weighted by atomic mass is 35.5. The summed E-state index contributed by atoms with van der Waals surface area (Å²) in [4.78, 5) is 11.7. The number of alkyl halides is 3. The SMILES string of the molecule is O=c1c(Cl)c(NCC2CCCCC2)cnn1CC(F)(F)F. The Morgan fingerprint density at radius 2 is 2.00 bits per heavy atom. The van der Waals surface area contributed by atoms with Crippen LogP contribution < -0.4 is 10.9 Å². The largest absolute Gasteiger partial charge is 0.408 e. The van der Waals surface area contributed by atoms with Gasteiger partial charge in [-0.2, -0.15) is 18.3 Å². The summed E-state index contributed by atoms with van der Waals surface area (Å²) in [5.41, 5.74) is -0.631. The van der Waals surface area contributed by atoms with E-state index in [0.29, 0.717) is 22.8 Å². The van der Waals surface area contributed by atoms with Gasteiger partial charge in [-0.05, 0) is 18.8 Å². The minimum absolute atomic E-state index is 0.245. The summed E-state index contributed by atoms with van der Waals surface area (Å²) >= 11 is 5.84. The molecule has 2 rings (SSSR count). The molecule has 1 saturated carbocycles. The smallest absolute Gasteiger partial charge is 0.382 e. The topological polar surface area (TPSA) is 46.9 Å². The Morgan fingerprint density at radius 3 is 2.62 bits per heavy atom. The second kappa shape index (κ2) is 6.68. The van der Waals surface area contributed by atoms with Crippen LogP contribution in [0.2, 0.25) is 5.02 Å². The van der Waals surface area contributed by atoms with Gasteiger partial charge in [0.2, 0.25) is 0 Å². The van der Waals surface area contributed by atoms with Crippen molar-refractivity contribution >= 4 is 17.3 Å². The number of halogens is 4. The molecule has 0 atom stereocenters. The summed E-state index contributed by atoms with van der Waals surface area (Å²) in [5.74, 6) is 0.507. The number of anilines is 1. The molecule has 4 nitrogen and oxygen atoms in total. The van der Waals surface area contributed by atoms with Crippen LogP contribution in [0.25, 0.3) is 0 Å². The lowest BCUT2D eigenvalue weighted by molar-refractivity contribution is -0.143. The summed E-state index contributed by atoms with van der Waals surface area (Å²) < 4.78 is 37.2. The van der Waals surface area contributed by atoms with Crippen LogP contribution in [0.3, 0.4) is 0 Å². The fourth-order valence-corrected chi connectivity index (χ4v) is 2.73. The van der Waals surface area contributed by atoms with Crippen LogP contribution in [0.4, 0.5) is 18.9 Å². The van der Waals surface area contributed by atoms with E-state index in [9.17, 15) is 18.0 Å². The number of nitrogens with zero attached hydrogens (tertiary/aromatic N) is 2. The van der Waals surface area contributed by atoms with Gasteiger partial charge in [0.25, 0.3) is 5.56 Å². The molecule has 0 unspecified atom stereocenters. The first-order chi connectivity index (χ1) is 9.87. The van der Waals surface area contributed by atoms with E-state index in [1.165, 1.54) is 25.5 Å². The number of rotatable bonds is 4. The van der Waals surface area contributed by atoms with Crippen LogP contribution >= 0.6 is 11.6 Å². The van der Waals surface area contributed by atoms with E-state index in [0.717, 1.165) is 12.8 Å². The van der Waals surface area contributed by atoms with Crippen molar-refractivity contribution in [3.8, 4) is 0 Å². The van der Waals surface area contributed by atoms with E-state index in [4.69, 9.17) is 11.6 Å². The summed E-state index contributed by atoms with van der Waals surface area (Å²) in [6, 6.07) is 0. The van der Waals surface area contributed by atoms with E-state index < -0.39 is 18.3 Å². The van der Waals surface area contributed by atoms with Crippen molar-refractivity contribution in [3.63, 3.8) is 0 Å². The molecule has 21 heavy (non-hydrogen) atoms.